The van der Waals surface area contributed by atoms with E-state index in [-0.39, 0.29) is 23.6 Å². The standard InChI is InChI=1S/C21H27N3O4/c1-4-14(2)21(26)24-12-10-17(11-13-24)19-22-20(28-23-19)18(27-15(3)25)16-8-6-5-7-9-16/h5-9,14,17-18H,4,10-13H2,1-3H3. The molecule has 0 saturated carbocycles. The number of nitrogens with zero attached hydrogens (tertiary/aromatic N) is 3. The summed E-state index contributed by atoms with van der Waals surface area (Å²) in [7, 11) is 0. The van der Waals surface area contributed by atoms with Gasteiger partial charge >= 0.3 is 5.97 Å². The van der Waals surface area contributed by atoms with Crippen molar-refractivity contribution < 1.29 is 18.8 Å². The Labute approximate surface area is 165 Å². The largest absolute Gasteiger partial charge is 0.447 e. The van der Waals surface area contributed by atoms with Crippen LogP contribution in [0.2, 0.25) is 0 Å². The van der Waals surface area contributed by atoms with Crippen LogP contribution in [0.3, 0.4) is 0 Å². The Kier molecular flexibility index (Phi) is 6.44. The molecule has 1 saturated heterocycles. The zero-order valence-corrected chi connectivity index (χ0v) is 16.6. The van der Waals surface area contributed by atoms with Gasteiger partial charge in [0.1, 0.15) is 0 Å². The number of piperidine rings is 1. The highest BCUT2D eigenvalue weighted by molar-refractivity contribution is 5.78. The summed E-state index contributed by atoms with van der Waals surface area (Å²) in [6.45, 7) is 6.76. The molecule has 7 nitrogen and oxygen atoms in total. The zero-order chi connectivity index (χ0) is 20.1. The second-order valence-corrected chi connectivity index (χ2v) is 7.30. The quantitative estimate of drug-likeness (QED) is 0.708. The molecule has 2 unspecified atom stereocenters. The van der Waals surface area contributed by atoms with Gasteiger partial charge in [0, 0.05) is 37.4 Å². The third-order valence-corrected chi connectivity index (χ3v) is 5.27. The fourth-order valence-electron chi connectivity index (χ4n) is 3.42. The zero-order valence-electron chi connectivity index (χ0n) is 16.6. The Morgan fingerprint density at radius 3 is 2.54 bits per heavy atom. The van der Waals surface area contributed by atoms with Gasteiger partial charge < -0.3 is 14.2 Å². The van der Waals surface area contributed by atoms with Gasteiger partial charge in [-0.1, -0.05) is 49.3 Å². The SMILES string of the molecule is CCC(C)C(=O)N1CCC(c2noc(C(OC(C)=O)c3ccccc3)n2)CC1. The molecule has 150 valence electrons. The number of hydrogen-bond acceptors (Lipinski definition) is 6. The molecule has 3 rings (SSSR count). The normalized spacial score (nSPS) is 17.2. The van der Waals surface area contributed by atoms with Crippen molar-refractivity contribution in [3.05, 3.63) is 47.6 Å². The first-order valence-electron chi connectivity index (χ1n) is 9.84. The molecule has 2 atom stereocenters. The number of likely N-dealkylation sites (tertiary alicyclic amines) is 1. The molecule has 1 aliphatic heterocycles. The number of ether oxygens (including phenoxy) is 1. The number of amides is 1. The first-order valence-corrected chi connectivity index (χ1v) is 9.84. The summed E-state index contributed by atoms with van der Waals surface area (Å²) in [4.78, 5) is 30.3. The second-order valence-electron chi connectivity index (χ2n) is 7.30. The molecule has 0 spiro atoms. The van der Waals surface area contributed by atoms with Crippen LogP contribution in [-0.2, 0) is 14.3 Å². The molecule has 0 aliphatic carbocycles. The molecular formula is C21H27N3O4. The van der Waals surface area contributed by atoms with Crippen LogP contribution in [0.4, 0.5) is 0 Å². The Hall–Kier alpha value is -2.70. The van der Waals surface area contributed by atoms with Gasteiger partial charge in [-0.05, 0) is 19.3 Å². The third kappa shape index (κ3) is 4.58. The van der Waals surface area contributed by atoms with Crippen LogP contribution in [0.25, 0.3) is 0 Å². The van der Waals surface area contributed by atoms with Crippen molar-refractivity contribution in [2.24, 2.45) is 5.92 Å². The lowest BCUT2D eigenvalue weighted by atomic mass is 9.95. The summed E-state index contributed by atoms with van der Waals surface area (Å²) in [6, 6.07) is 9.34. The van der Waals surface area contributed by atoms with Crippen molar-refractivity contribution >= 4 is 11.9 Å². The van der Waals surface area contributed by atoms with E-state index in [4.69, 9.17) is 9.26 Å². The lowest BCUT2D eigenvalue weighted by Crippen LogP contribution is -2.40. The molecule has 2 aromatic rings. The molecule has 0 bridgehead atoms. The molecule has 1 fully saturated rings. The molecule has 1 aliphatic rings. The van der Waals surface area contributed by atoms with E-state index in [1.54, 1.807) is 0 Å². The number of esters is 1. The predicted octanol–water partition coefficient (Wildman–Crippen LogP) is 3.47. The first kappa shape index (κ1) is 20.0. The maximum atomic E-state index is 12.4. The van der Waals surface area contributed by atoms with Crippen LogP contribution < -0.4 is 0 Å². The number of rotatable bonds is 6. The van der Waals surface area contributed by atoms with Gasteiger partial charge in [0.05, 0.1) is 0 Å². The van der Waals surface area contributed by atoms with Crippen LogP contribution in [0, 0.1) is 5.92 Å². The van der Waals surface area contributed by atoms with Gasteiger partial charge in [0.25, 0.3) is 5.89 Å². The monoisotopic (exact) mass is 385 g/mol. The minimum absolute atomic E-state index is 0.0590. The van der Waals surface area contributed by atoms with E-state index in [2.05, 4.69) is 10.1 Å². The first-order chi connectivity index (χ1) is 13.5. The summed E-state index contributed by atoms with van der Waals surface area (Å²) < 4.78 is 10.9. The molecule has 2 heterocycles. The Bertz CT molecular complexity index is 797. The van der Waals surface area contributed by atoms with E-state index in [1.165, 1.54) is 6.92 Å². The molecular weight excluding hydrogens is 358 g/mol. The highest BCUT2D eigenvalue weighted by atomic mass is 16.6. The third-order valence-electron chi connectivity index (χ3n) is 5.27. The highest BCUT2D eigenvalue weighted by Crippen LogP contribution is 2.30. The number of aromatic nitrogens is 2. The van der Waals surface area contributed by atoms with Crippen LogP contribution in [0.1, 0.15) is 69.3 Å². The summed E-state index contributed by atoms with van der Waals surface area (Å²) in [5, 5.41) is 4.13. The maximum absolute atomic E-state index is 12.4. The Morgan fingerprint density at radius 1 is 1.25 bits per heavy atom. The fraction of sp³-hybridized carbons (Fsp3) is 0.524. The number of carbonyl (C=O) groups is 2. The smallest absolute Gasteiger partial charge is 0.303 e. The molecule has 1 aromatic heterocycles. The van der Waals surface area contributed by atoms with Gasteiger partial charge in [-0.2, -0.15) is 4.98 Å². The molecule has 28 heavy (non-hydrogen) atoms. The van der Waals surface area contributed by atoms with E-state index in [9.17, 15) is 9.59 Å². The summed E-state index contributed by atoms with van der Waals surface area (Å²) in [5.41, 5.74) is 0.780. The minimum Gasteiger partial charge on any atom is -0.447 e. The highest BCUT2D eigenvalue weighted by Gasteiger charge is 2.30. The van der Waals surface area contributed by atoms with Gasteiger partial charge in [-0.25, -0.2) is 0 Å². The lowest BCUT2D eigenvalue weighted by Gasteiger charge is -2.32. The molecule has 1 aromatic carbocycles. The van der Waals surface area contributed by atoms with Crippen molar-refractivity contribution in [1.82, 2.24) is 15.0 Å². The number of carbonyl (C=O) groups excluding carboxylic acids is 2. The van der Waals surface area contributed by atoms with Crippen molar-refractivity contribution in [2.45, 2.75) is 52.1 Å². The Morgan fingerprint density at radius 2 is 1.93 bits per heavy atom. The average Bonchev–Trinajstić information content (AvgIpc) is 3.21. The van der Waals surface area contributed by atoms with Crippen molar-refractivity contribution in [3.8, 4) is 0 Å². The summed E-state index contributed by atoms with van der Waals surface area (Å²) in [6.07, 6.45) is 1.73. The maximum Gasteiger partial charge on any atom is 0.303 e. The summed E-state index contributed by atoms with van der Waals surface area (Å²) >= 11 is 0. The fourth-order valence-corrected chi connectivity index (χ4v) is 3.42. The van der Waals surface area contributed by atoms with Gasteiger partial charge in [-0.3, -0.25) is 9.59 Å². The van der Waals surface area contributed by atoms with E-state index in [0.29, 0.717) is 18.9 Å². The van der Waals surface area contributed by atoms with Crippen LogP contribution in [0.5, 0.6) is 0 Å². The molecule has 1 amide bonds. The van der Waals surface area contributed by atoms with Crippen LogP contribution in [0.15, 0.2) is 34.9 Å². The van der Waals surface area contributed by atoms with Gasteiger partial charge in [0.2, 0.25) is 12.0 Å². The van der Waals surface area contributed by atoms with Crippen molar-refractivity contribution in [2.75, 3.05) is 13.1 Å². The molecule has 0 N–H and O–H groups in total. The Balaban J connectivity index is 1.69. The average molecular weight is 385 g/mol. The molecule has 0 radical (unpaired) electrons. The van der Waals surface area contributed by atoms with E-state index < -0.39 is 12.1 Å². The number of hydrogen-bond donors (Lipinski definition) is 0. The van der Waals surface area contributed by atoms with Gasteiger partial charge in [0.15, 0.2) is 5.82 Å². The summed E-state index contributed by atoms with van der Waals surface area (Å²) in [5.74, 6) is 0.878. The molecule has 7 heteroatoms. The predicted molar refractivity (Wildman–Crippen MR) is 102 cm³/mol. The van der Waals surface area contributed by atoms with Crippen LogP contribution >= 0.6 is 0 Å². The second kappa shape index (κ2) is 8.99. The van der Waals surface area contributed by atoms with Gasteiger partial charge in [-0.15, -0.1) is 0 Å². The van der Waals surface area contributed by atoms with Crippen LogP contribution in [-0.4, -0.2) is 40.0 Å². The lowest BCUT2D eigenvalue weighted by molar-refractivity contribution is -0.145. The minimum atomic E-state index is -0.716. The van der Waals surface area contributed by atoms with Crippen molar-refractivity contribution in [3.63, 3.8) is 0 Å². The van der Waals surface area contributed by atoms with Crippen molar-refractivity contribution in [1.29, 1.82) is 0 Å². The van der Waals surface area contributed by atoms with E-state index in [0.717, 1.165) is 24.8 Å². The topological polar surface area (TPSA) is 85.5 Å². The van der Waals surface area contributed by atoms with E-state index in [1.807, 2.05) is 49.1 Å². The number of benzene rings is 1. The van der Waals surface area contributed by atoms with E-state index >= 15 is 0 Å².